The maximum absolute atomic E-state index is 11.7. The van der Waals surface area contributed by atoms with E-state index in [1.54, 1.807) is 25.3 Å². The monoisotopic (exact) mass is 282 g/mol. The lowest BCUT2D eigenvalue weighted by atomic mass is 10.0. The van der Waals surface area contributed by atoms with E-state index < -0.39 is 0 Å². The van der Waals surface area contributed by atoms with Crippen molar-refractivity contribution in [2.45, 2.75) is 6.42 Å². The second-order valence-corrected chi connectivity index (χ2v) is 4.80. The normalized spacial score (nSPS) is 10.7. The first-order valence-corrected chi connectivity index (χ1v) is 6.54. The van der Waals surface area contributed by atoms with Gasteiger partial charge in [0.2, 0.25) is 0 Å². The van der Waals surface area contributed by atoms with Crippen molar-refractivity contribution < 1.29 is 14.3 Å². The predicted molar refractivity (Wildman–Crippen MR) is 79.9 cm³/mol. The molecular formula is C17H14O4. The van der Waals surface area contributed by atoms with Crippen molar-refractivity contribution in [3.05, 3.63) is 70.1 Å². The van der Waals surface area contributed by atoms with Gasteiger partial charge in [0.05, 0.1) is 7.11 Å². The second-order valence-electron chi connectivity index (χ2n) is 4.80. The van der Waals surface area contributed by atoms with Crippen LogP contribution in [0.2, 0.25) is 0 Å². The summed E-state index contributed by atoms with van der Waals surface area (Å²) < 4.78 is 10.4. The number of rotatable bonds is 3. The number of hydrogen-bond donors (Lipinski definition) is 1. The zero-order valence-electron chi connectivity index (χ0n) is 11.5. The van der Waals surface area contributed by atoms with Crippen LogP contribution < -0.4 is 10.4 Å². The first-order valence-electron chi connectivity index (χ1n) is 6.54. The number of hydrogen-bond acceptors (Lipinski definition) is 4. The van der Waals surface area contributed by atoms with E-state index in [1.807, 2.05) is 24.3 Å². The number of phenolic OH excluding ortho intramolecular Hbond substituents is 1. The van der Waals surface area contributed by atoms with Crippen LogP contribution in [0.3, 0.4) is 0 Å². The van der Waals surface area contributed by atoms with Crippen molar-refractivity contribution in [2.75, 3.05) is 7.11 Å². The SMILES string of the molecule is COc1ccc2c(Cc3ccc(O)cc3)cc(=O)oc2c1. The minimum absolute atomic E-state index is 0.223. The molecule has 4 nitrogen and oxygen atoms in total. The van der Waals surface area contributed by atoms with Gasteiger partial charge in [-0.3, -0.25) is 0 Å². The Balaban J connectivity index is 2.09. The van der Waals surface area contributed by atoms with Crippen LogP contribution in [0.25, 0.3) is 11.0 Å². The largest absolute Gasteiger partial charge is 0.508 e. The molecule has 0 saturated carbocycles. The van der Waals surface area contributed by atoms with E-state index >= 15 is 0 Å². The molecule has 0 amide bonds. The molecule has 0 saturated heterocycles. The van der Waals surface area contributed by atoms with E-state index in [2.05, 4.69) is 0 Å². The molecule has 0 atom stereocenters. The lowest BCUT2D eigenvalue weighted by Gasteiger charge is -2.07. The Hall–Kier alpha value is -2.75. The van der Waals surface area contributed by atoms with Crippen molar-refractivity contribution in [3.63, 3.8) is 0 Å². The van der Waals surface area contributed by atoms with E-state index in [0.717, 1.165) is 16.5 Å². The van der Waals surface area contributed by atoms with Gasteiger partial charge in [-0.2, -0.15) is 0 Å². The van der Waals surface area contributed by atoms with Gasteiger partial charge in [-0.15, -0.1) is 0 Å². The highest BCUT2D eigenvalue weighted by Crippen LogP contribution is 2.24. The molecule has 1 heterocycles. The Morgan fingerprint density at radius 3 is 2.57 bits per heavy atom. The summed E-state index contributed by atoms with van der Waals surface area (Å²) in [6.07, 6.45) is 0.592. The number of benzene rings is 2. The average Bonchev–Trinajstić information content (AvgIpc) is 2.48. The van der Waals surface area contributed by atoms with Crippen molar-refractivity contribution in [2.24, 2.45) is 0 Å². The van der Waals surface area contributed by atoms with E-state index in [0.29, 0.717) is 17.8 Å². The molecule has 0 unspecified atom stereocenters. The van der Waals surface area contributed by atoms with E-state index in [9.17, 15) is 9.90 Å². The van der Waals surface area contributed by atoms with Gasteiger partial charge in [-0.05, 0) is 41.8 Å². The van der Waals surface area contributed by atoms with Crippen LogP contribution in [0, 0.1) is 0 Å². The van der Waals surface area contributed by atoms with Crippen LogP contribution in [-0.4, -0.2) is 12.2 Å². The molecule has 1 N–H and O–H groups in total. The third-order valence-electron chi connectivity index (χ3n) is 3.37. The lowest BCUT2D eigenvalue weighted by Crippen LogP contribution is -2.01. The summed E-state index contributed by atoms with van der Waals surface area (Å²) in [5, 5.41) is 10.2. The highest BCUT2D eigenvalue weighted by molar-refractivity contribution is 5.81. The summed E-state index contributed by atoms with van der Waals surface area (Å²) in [6.45, 7) is 0. The molecule has 1 aromatic heterocycles. The fourth-order valence-electron chi connectivity index (χ4n) is 2.32. The van der Waals surface area contributed by atoms with Crippen LogP contribution in [-0.2, 0) is 6.42 Å². The number of aromatic hydroxyl groups is 1. The van der Waals surface area contributed by atoms with Crippen molar-refractivity contribution in [1.29, 1.82) is 0 Å². The fourth-order valence-corrected chi connectivity index (χ4v) is 2.32. The summed E-state index contributed by atoms with van der Waals surface area (Å²) >= 11 is 0. The molecule has 0 bridgehead atoms. The quantitative estimate of drug-likeness (QED) is 0.750. The summed E-state index contributed by atoms with van der Waals surface area (Å²) in [5.74, 6) is 0.869. The topological polar surface area (TPSA) is 59.7 Å². The van der Waals surface area contributed by atoms with Crippen molar-refractivity contribution in [3.8, 4) is 11.5 Å². The van der Waals surface area contributed by atoms with Gasteiger partial charge in [0.1, 0.15) is 17.1 Å². The summed E-state index contributed by atoms with van der Waals surface area (Å²) in [6, 6.07) is 13.9. The second kappa shape index (κ2) is 5.32. The zero-order chi connectivity index (χ0) is 14.8. The maximum Gasteiger partial charge on any atom is 0.336 e. The maximum atomic E-state index is 11.7. The molecule has 4 heteroatoms. The molecular weight excluding hydrogens is 268 g/mol. The molecule has 0 aliphatic heterocycles. The first-order chi connectivity index (χ1) is 10.2. The van der Waals surface area contributed by atoms with Crippen molar-refractivity contribution in [1.82, 2.24) is 0 Å². The number of phenols is 1. The molecule has 3 rings (SSSR count). The standard InChI is InChI=1S/C17H14O4/c1-20-14-6-7-15-12(9-17(19)21-16(15)10-14)8-11-2-4-13(18)5-3-11/h2-7,9-10,18H,8H2,1H3. The van der Waals surface area contributed by atoms with E-state index in [4.69, 9.17) is 9.15 Å². The van der Waals surface area contributed by atoms with Crippen LogP contribution in [0.1, 0.15) is 11.1 Å². The van der Waals surface area contributed by atoms with Crippen molar-refractivity contribution >= 4 is 11.0 Å². The van der Waals surface area contributed by atoms with Gasteiger partial charge < -0.3 is 14.3 Å². The average molecular weight is 282 g/mol. The van der Waals surface area contributed by atoms with Gasteiger partial charge in [-0.25, -0.2) is 4.79 Å². The number of fused-ring (bicyclic) bond motifs is 1. The van der Waals surface area contributed by atoms with Gasteiger partial charge in [0.15, 0.2) is 0 Å². The molecule has 0 fully saturated rings. The van der Waals surface area contributed by atoms with Gasteiger partial charge in [-0.1, -0.05) is 12.1 Å². The Morgan fingerprint density at radius 1 is 1.10 bits per heavy atom. The molecule has 106 valence electrons. The van der Waals surface area contributed by atoms with Gasteiger partial charge >= 0.3 is 5.63 Å². The molecule has 0 aliphatic carbocycles. The molecule has 0 spiro atoms. The summed E-state index contributed by atoms with van der Waals surface area (Å²) in [5.41, 5.74) is 2.02. The highest BCUT2D eigenvalue weighted by Gasteiger charge is 2.08. The van der Waals surface area contributed by atoms with Crippen LogP contribution >= 0.6 is 0 Å². The molecule has 2 aromatic carbocycles. The van der Waals surface area contributed by atoms with Gasteiger partial charge in [0, 0.05) is 17.5 Å². The van der Waals surface area contributed by atoms with Crippen LogP contribution in [0.5, 0.6) is 11.5 Å². The van der Waals surface area contributed by atoms with Gasteiger partial charge in [0.25, 0.3) is 0 Å². The molecule has 0 radical (unpaired) electrons. The number of methoxy groups -OCH3 is 1. The minimum Gasteiger partial charge on any atom is -0.508 e. The van der Waals surface area contributed by atoms with E-state index in [-0.39, 0.29) is 11.4 Å². The predicted octanol–water partition coefficient (Wildman–Crippen LogP) is 3.10. The smallest absolute Gasteiger partial charge is 0.336 e. The molecule has 21 heavy (non-hydrogen) atoms. The zero-order valence-corrected chi connectivity index (χ0v) is 11.5. The lowest BCUT2D eigenvalue weighted by molar-refractivity contribution is 0.414. The van der Waals surface area contributed by atoms with Crippen LogP contribution in [0.15, 0.2) is 57.7 Å². The Morgan fingerprint density at radius 2 is 1.86 bits per heavy atom. The summed E-state index contributed by atoms with van der Waals surface area (Å²) in [7, 11) is 1.57. The Kier molecular flexibility index (Phi) is 3.36. The molecule has 3 aromatic rings. The third-order valence-corrected chi connectivity index (χ3v) is 3.37. The highest BCUT2D eigenvalue weighted by atomic mass is 16.5. The number of ether oxygens (including phenoxy) is 1. The fraction of sp³-hybridized carbons (Fsp3) is 0.118. The molecule has 0 aliphatic rings. The van der Waals surface area contributed by atoms with Crippen LogP contribution in [0.4, 0.5) is 0 Å². The first kappa shape index (κ1) is 13.2. The summed E-state index contributed by atoms with van der Waals surface area (Å²) in [4.78, 5) is 11.7. The minimum atomic E-state index is -0.385. The Bertz CT molecular complexity index is 832. The Labute approximate surface area is 121 Å². The third kappa shape index (κ3) is 2.74. The van der Waals surface area contributed by atoms with E-state index in [1.165, 1.54) is 6.07 Å².